The number of carbonyl (C=O) groups excluding carboxylic acids is 2. The number of ether oxygens (including phenoxy) is 1. The summed E-state index contributed by atoms with van der Waals surface area (Å²) in [6, 6.07) is 12.6. The van der Waals surface area contributed by atoms with E-state index in [9.17, 15) is 14.7 Å². The third-order valence-electron chi connectivity index (χ3n) is 4.62. The molecule has 0 radical (unpaired) electrons. The maximum absolute atomic E-state index is 12.9. The van der Waals surface area contributed by atoms with Crippen LogP contribution in [-0.2, 0) is 9.59 Å². The lowest BCUT2D eigenvalue weighted by atomic mass is 9.95. The number of hydrogen-bond acceptors (Lipinski definition) is 6. The second-order valence-corrected chi connectivity index (χ2v) is 7.57. The summed E-state index contributed by atoms with van der Waals surface area (Å²) in [5, 5.41) is 13.6. The molecule has 1 fully saturated rings. The number of aliphatic hydroxyl groups excluding tert-OH is 1. The Morgan fingerprint density at radius 3 is 2.41 bits per heavy atom. The molecule has 1 saturated heterocycles. The minimum Gasteiger partial charge on any atom is -0.507 e. The zero-order chi connectivity index (χ0) is 20.5. The highest BCUT2D eigenvalue weighted by Crippen LogP contribution is 2.42. The van der Waals surface area contributed by atoms with Gasteiger partial charge in [0.25, 0.3) is 5.78 Å². The van der Waals surface area contributed by atoms with E-state index in [4.69, 9.17) is 16.3 Å². The second-order valence-electron chi connectivity index (χ2n) is 6.26. The summed E-state index contributed by atoms with van der Waals surface area (Å²) in [5.41, 5.74) is 1.04. The highest BCUT2D eigenvalue weighted by atomic mass is 35.5. The van der Waals surface area contributed by atoms with Crippen LogP contribution in [0.2, 0.25) is 5.02 Å². The molecular formula is C21H15ClN2O4S. The largest absolute Gasteiger partial charge is 0.507 e. The van der Waals surface area contributed by atoms with Crippen molar-refractivity contribution in [2.45, 2.75) is 6.04 Å². The number of benzene rings is 2. The molecule has 2 aromatic carbocycles. The molecule has 0 unspecified atom stereocenters. The molecule has 8 heteroatoms. The van der Waals surface area contributed by atoms with E-state index >= 15 is 0 Å². The number of carbonyl (C=O) groups is 2. The Hall–Kier alpha value is -3.16. The Balaban J connectivity index is 1.90. The molecule has 0 bridgehead atoms. The topological polar surface area (TPSA) is 79.7 Å². The molecule has 1 aliphatic rings. The number of halogens is 1. The minimum absolute atomic E-state index is 0.00214. The zero-order valence-electron chi connectivity index (χ0n) is 15.2. The highest BCUT2D eigenvalue weighted by molar-refractivity contribution is 7.14. The van der Waals surface area contributed by atoms with Gasteiger partial charge in [-0.15, -0.1) is 11.3 Å². The molecule has 3 aromatic rings. The summed E-state index contributed by atoms with van der Waals surface area (Å²) in [5.74, 6) is -1.16. The average Bonchev–Trinajstić information content (AvgIpc) is 3.35. The van der Waals surface area contributed by atoms with Gasteiger partial charge in [0, 0.05) is 22.2 Å². The highest BCUT2D eigenvalue weighted by Gasteiger charge is 2.47. The van der Waals surface area contributed by atoms with Gasteiger partial charge in [0.05, 0.1) is 18.7 Å². The molecule has 0 saturated carbocycles. The normalized spacial score (nSPS) is 18.3. The number of ketones is 1. The van der Waals surface area contributed by atoms with Crippen LogP contribution < -0.4 is 9.64 Å². The van der Waals surface area contributed by atoms with E-state index in [0.29, 0.717) is 27.0 Å². The average molecular weight is 427 g/mol. The van der Waals surface area contributed by atoms with Crippen LogP contribution in [0.3, 0.4) is 0 Å². The number of Topliss-reactive ketones (excluding diaryl/α,β-unsaturated/α-hetero) is 1. The Morgan fingerprint density at radius 1 is 1.14 bits per heavy atom. The molecule has 0 aliphatic carbocycles. The van der Waals surface area contributed by atoms with Crippen LogP contribution in [0.1, 0.15) is 17.2 Å². The van der Waals surface area contributed by atoms with Crippen molar-refractivity contribution in [3.05, 3.63) is 81.8 Å². The maximum Gasteiger partial charge on any atom is 0.301 e. The van der Waals surface area contributed by atoms with Crippen molar-refractivity contribution < 1.29 is 19.4 Å². The number of rotatable bonds is 4. The van der Waals surface area contributed by atoms with Crippen molar-refractivity contribution in [2.75, 3.05) is 12.0 Å². The van der Waals surface area contributed by atoms with Crippen LogP contribution in [0.4, 0.5) is 5.13 Å². The molecule has 29 heavy (non-hydrogen) atoms. The summed E-state index contributed by atoms with van der Waals surface area (Å²) in [6.07, 6.45) is 1.56. The smallest absolute Gasteiger partial charge is 0.301 e. The van der Waals surface area contributed by atoms with Gasteiger partial charge in [0.1, 0.15) is 11.5 Å². The SMILES string of the molecule is COc1ccc(C(O)=C2C(=O)C(=O)N(c3nccs3)[C@H]2c2ccc(Cl)cc2)cc1. The van der Waals surface area contributed by atoms with E-state index < -0.39 is 17.7 Å². The summed E-state index contributed by atoms with van der Waals surface area (Å²) < 4.78 is 5.13. The van der Waals surface area contributed by atoms with E-state index in [1.165, 1.54) is 23.3 Å². The first-order valence-electron chi connectivity index (χ1n) is 8.61. The van der Waals surface area contributed by atoms with Crippen molar-refractivity contribution in [2.24, 2.45) is 0 Å². The molecule has 1 N–H and O–H groups in total. The van der Waals surface area contributed by atoms with Crippen LogP contribution in [0, 0.1) is 0 Å². The van der Waals surface area contributed by atoms with E-state index in [0.717, 1.165) is 0 Å². The van der Waals surface area contributed by atoms with Gasteiger partial charge in [0.15, 0.2) is 5.13 Å². The fraction of sp³-hybridized carbons (Fsp3) is 0.0952. The summed E-state index contributed by atoms with van der Waals surface area (Å²) >= 11 is 7.24. The quantitative estimate of drug-likeness (QED) is 0.379. The summed E-state index contributed by atoms with van der Waals surface area (Å²) in [4.78, 5) is 31.3. The molecule has 4 rings (SSSR count). The Bertz CT molecular complexity index is 1090. The third-order valence-corrected chi connectivity index (χ3v) is 5.64. The molecule has 1 atom stereocenters. The molecule has 6 nitrogen and oxygen atoms in total. The number of methoxy groups -OCH3 is 1. The monoisotopic (exact) mass is 426 g/mol. The lowest BCUT2D eigenvalue weighted by Crippen LogP contribution is -2.29. The van der Waals surface area contributed by atoms with Crippen LogP contribution in [0.15, 0.2) is 65.7 Å². The van der Waals surface area contributed by atoms with Crippen LogP contribution in [0.5, 0.6) is 5.75 Å². The van der Waals surface area contributed by atoms with E-state index in [2.05, 4.69) is 4.98 Å². The van der Waals surface area contributed by atoms with Crippen molar-refractivity contribution in [1.82, 2.24) is 4.98 Å². The Kier molecular flexibility index (Phi) is 5.08. The van der Waals surface area contributed by atoms with Crippen LogP contribution >= 0.6 is 22.9 Å². The van der Waals surface area contributed by atoms with Crippen LogP contribution in [-0.4, -0.2) is 28.9 Å². The van der Waals surface area contributed by atoms with Gasteiger partial charge in [-0.05, 0) is 42.0 Å². The molecule has 146 valence electrons. The van der Waals surface area contributed by atoms with Gasteiger partial charge in [-0.3, -0.25) is 14.5 Å². The number of thiazole rings is 1. The number of aliphatic hydroxyl groups is 1. The predicted molar refractivity (Wildman–Crippen MR) is 111 cm³/mol. The van der Waals surface area contributed by atoms with Gasteiger partial charge in [-0.1, -0.05) is 23.7 Å². The molecule has 1 amide bonds. The first-order chi connectivity index (χ1) is 14.0. The molecule has 2 heterocycles. The number of nitrogens with zero attached hydrogens (tertiary/aromatic N) is 2. The second kappa shape index (κ2) is 7.69. The third kappa shape index (κ3) is 3.39. The molecular weight excluding hydrogens is 412 g/mol. The molecule has 0 spiro atoms. The Morgan fingerprint density at radius 2 is 1.83 bits per heavy atom. The fourth-order valence-corrected chi connectivity index (χ4v) is 4.02. The standard InChI is InChI=1S/C21H15ClN2O4S/c1-28-15-8-4-13(5-9-15)18(25)16-17(12-2-6-14(22)7-3-12)24(20(27)19(16)26)21-23-10-11-29-21/h2-11,17,25H,1H3/t17-/m0/s1. The number of hydrogen-bond donors (Lipinski definition) is 1. The van der Waals surface area contributed by atoms with Gasteiger partial charge in [0.2, 0.25) is 0 Å². The fourth-order valence-electron chi connectivity index (χ4n) is 3.23. The van der Waals surface area contributed by atoms with E-state index in [-0.39, 0.29) is 11.3 Å². The summed E-state index contributed by atoms with van der Waals surface area (Å²) in [7, 11) is 1.54. The number of anilines is 1. The van der Waals surface area contributed by atoms with Crippen LogP contribution in [0.25, 0.3) is 5.76 Å². The molecule has 1 aliphatic heterocycles. The van der Waals surface area contributed by atoms with Crippen molar-refractivity contribution in [3.63, 3.8) is 0 Å². The van der Waals surface area contributed by atoms with Crippen molar-refractivity contribution >= 4 is 45.5 Å². The lowest BCUT2D eigenvalue weighted by molar-refractivity contribution is -0.132. The maximum atomic E-state index is 12.9. The van der Waals surface area contributed by atoms with Crippen molar-refractivity contribution in [1.29, 1.82) is 0 Å². The van der Waals surface area contributed by atoms with Gasteiger partial charge >= 0.3 is 5.91 Å². The lowest BCUT2D eigenvalue weighted by Gasteiger charge is -2.23. The van der Waals surface area contributed by atoms with Crippen molar-refractivity contribution in [3.8, 4) is 5.75 Å². The van der Waals surface area contributed by atoms with Gasteiger partial charge in [-0.2, -0.15) is 0 Å². The minimum atomic E-state index is -0.819. The number of amides is 1. The first-order valence-corrected chi connectivity index (χ1v) is 9.87. The Labute approximate surface area is 175 Å². The van der Waals surface area contributed by atoms with Gasteiger partial charge in [-0.25, -0.2) is 4.98 Å². The van der Waals surface area contributed by atoms with E-state index in [1.807, 2.05) is 0 Å². The first kappa shape index (κ1) is 19.2. The zero-order valence-corrected chi connectivity index (χ0v) is 16.8. The van der Waals surface area contributed by atoms with E-state index in [1.54, 1.807) is 60.1 Å². The predicted octanol–water partition coefficient (Wildman–Crippen LogP) is 4.43. The summed E-state index contributed by atoms with van der Waals surface area (Å²) in [6.45, 7) is 0. The number of aromatic nitrogens is 1. The molecule has 1 aromatic heterocycles. The van der Waals surface area contributed by atoms with Gasteiger partial charge < -0.3 is 9.84 Å².